The zero-order chi connectivity index (χ0) is 11.0. The summed E-state index contributed by atoms with van der Waals surface area (Å²) in [4.78, 5) is 4.47. The predicted molar refractivity (Wildman–Crippen MR) is 62.5 cm³/mol. The first kappa shape index (κ1) is 9.77. The molecular formula is C12H15N3. The number of anilines is 1. The van der Waals surface area contributed by atoms with Crippen LogP contribution in [0.25, 0.3) is 11.4 Å². The van der Waals surface area contributed by atoms with Crippen LogP contribution in [0.2, 0.25) is 0 Å². The molecule has 2 rings (SSSR count). The van der Waals surface area contributed by atoms with Crippen molar-refractivity contribution < 1.29 is 0 Å². The Morgan fingerprint density at radius 2 is 2.00 bits per heavy atom. The molecule has 78 valence electrons. The maximum atomic E-state index is 5.78. The van der Waals surface area contributed by atoms with E-state index in [1.807, 2.05) is 43.8 Å². The van der Waals surface area contributed by atoms with Gasteiger partial charge in [-0.3, -0.25) is 0 Å². The second kappa shape index (κ2) is 3.42. The van der Waals surface area contributed by atoms with Crippen LogP contribution in [0, 0.1) is 13.8 Å². The van der Waals surface area contributed by atoms with Gasteiger partial charge in [-0.15, -0.1) is 0 Å². The lowest BCUT2D eigenvalue weighted by Crippen LogP contribution is -1.94. The van der Waals surface area contributed by atoms with Crippen molar-refractivity contribution in [3.63, 3.8) is 0 Å². The van der Waals surface area contributed by atoms with Gasteiger partial charge in [0, 0.05) is 24.5 Å². The fourth-order valence-corrected chi connectivity index (χ4v) is 1.70. The van der Waals surface area contributed by atoms with Gasteiger partial charge in [-0.05, 0) is 37.6 Å². The summed E-state index contributed by atoms with van der Waals surface area (Å²) < 4.78 is 2.03. The molecule has 0 saturated heterocycles. The summed E-state index contributed by atoms with van der Waals surface area (Å²) in [5.74, 6) is 0.982. The maximum Gasteiger partial charge on any atom is 0.139 e. The highest BCUT2D eigenvalue weighted by atomic mass is 15.0. The van der Waals surface area contributed by atoms with Crippen LogP contribution in [0.1, 0.15) is 11.3 Å². The van der Waals surface area contributed by atoms with E-state index in [0.717, 1.165) is 28.3 Å². The first-order valence-corrected chi connectivity index (χ1v) is 4.94. The highest BCUT2D eigenvalue weighted by Gasteiger charge is 2.06. The summed E-state index contributed by atoms with van der Waals surface area (Å²) in [6, 6.07) is 6.00. The second-order valence-electron chi connectivity index (χ2n) is 3.89. The van der Waals surface area contributed by atoms with Crippen LogP contribution < -0.4 is 5.73 Å². The lowest BCUT2D eigenvalue weighted by molar-refractivity contribution is 0.924. The minimum absolute atomic E-state index is 0.824. The molecule has 0 bridgehead atoms. The van der Waals surface area contributed by atoms with Crippen molar-refractivity contribution in [1.82, 2.24) is 9.55 Å². The van der Waals surface area contributed by atoms with Gasteiger partial charge in [0.2, 0.25) is 0 Å². The number of imidazole rings is 1. The van der Waals surface area contributed by atoms with Gasteiger partial charge in [0.1, 0.15) is 5.82 Å². The molecule has 1 aromatic heterocycles. The summed E-state index contributed by atoms with van der Waals surface area (Å²) in [7, 11) is 2.00. The lowest BCUT2D eigenvalue weighted by Gasteiger charge is -2.04. The standard InChI is InChI=1S/C12H15N3/c1-8-6-10(4-5-11(8)13)12-14-9(2)7-15(12)3/h4-7H,13H2,1-3H3. The molecular weight excluding hydrogens is 186 g/mol. The molecule has 0 fully saturated rings. The van der Waals surface area contributed by atoms with Crippen molar-refractivity contribution in [3.8, 4) is 11.4 Å². The highest BCUT2D eigenvalue weighted by Crippen LogP contribution is 2.22. The SMILES string of the molecule is Cc1cn(C)c(-c2ccc(N)c(C)c2)n1. The van der Waals surface area contributed by atoms with Gasteiger partial charge in [0.05, 0.1) is 5.69 Å². The number of rotatable bonds is 1. The molecule has 1 aromatic carbocycles. The Labute approximate surface area is 89.6 Å². The second-order valence-corrected chi connectivity index (χ2v) is 3.89. The summed E-state index contributed by atoms with van der Waals surface area (Å²) in [5, 5.41) is 0. The molecule has 0 aliphatic carbocycles. The Bertz CT molecular complexity index is 498. The third kappa shape index (κ3) is 1.73. The van der Waals surface area contributed by atoms with Gasteiger partial charge in [-0.1, -0.05) is 0 Å². The molecule has 3 nitrogen and oxygen atoms in total. The molecule has 0 aliphatic rings. The minimum Gasteiger partial charge on any atom is -0.399 e. The smallest absolute Gasteiger partial charge is 0.139 e. The molecule has 0 radical (unpaired) electrons. The number of benzene rings is 1. The number of hydrogen-bond donors (Lipinski definition) is 1. The first-order valence-electron chi connectivity index (χ1n) is 4.94. The normalized spacial score (nSPS) is 10.6. The zero-order valence-corrected chi connectivity index (χ0v) is 9.28. The number of nitrogen functional groups attached to an aromatic ring is 1. The van der Waals surface area contributed by atoms with E-state index >= 15 is 0 Å². The van der Waals surface area contributed by atoms with Gasteiger partial charge >= 0.3 is 0 Å². The zero-order valence-electron chi connectivity index (χ0n) is 9.28. The van der Waals surface area contributed by atoms with Crippen LogP contribution in [0.4, 0.5) is 5.69 Å². The van der Waals surface area contributed by atoms with Crippen LogP contribution >= 0.6 is 0 Å². The highest BCUT2D eigenvalue weighted by molar-refractivity contribution is 5.62. The van der Waals surface area contributed by atoms with Crippen molar-refractivity contribution in [2.75, 3.05) is 5.73 Å². The Kier molecular flexibility index (Phi) is 2.23. The van der Waals surface area contributed by atoms with Gasteiger partial charge in [0.15, 0.2) is 0 Å². The lowest BCUT2D eigenvalue weighted by atomic mass is 10.1. The Morgan fingerprint density at radius 3 is 2.53 bits per heavy atom. The quantitative estimate of drug-likeness (QED) is 0.719. The van der Waals surface area contributed by atoms with Crippen molar-refractivity contribution in [1.29, 1.82) is 0 Å². The molecule has 0 saturated carbocycles. The Hall–Kier alpha value is -1.77. The molecule has 0 spiro atoms. The maximum absolute atomic E-state index is 5.78. The van der Waals surface area contributed by atoms with E-state index < -0.39 is 0 Å². The molecule has 2 N–H and O–H groups in total. The fourth-order valence-electron chi connectivity index (χ4n) is 1.70. The molecule has 1 heterocycles. The molecule has 0 amide bonds. The monoisotopic (exact) mass is 201 g/mol. The van der Waals surface area contributed by atoms with Gasteiger partial charge in [0.25, 0.3) is 0 Å². The average molecular weight is 201 g/mol. The summed E-state index contributed by atoms with van der Waals surface area (Å²) in [6.07, 6.45) is 2.01. The van der Waals surface area contributed by atoms with Crippen molar-refractivity contribution in [2.45, 2.75) is 13.8 Å². The van der Waals surface area contributed by atoms with E-state index in [0.29, 0.717) is 0 Å². The molecule has 0 aliphatic heterocycles. The van der Waals surface area contributed by atoms with Crippen LogP contribution in [0.5, 0.6) is 0 Å². The van der Waals surface area contributed by atoms with Crippen molar-refractivity contribution in [2.24, 2.45) is 7.05 Å². The Balaban J connectivity index is 2.54. The summed E-state index contributed by atoms with van der Waals surface area (Å²) in [5.41, 5.74) is 9.84. The number of nitrogens with two attached hydrogens (primary N) is 1. The van der Waals surface area contributed by atoms with E-state index in [9.17, 15) is 0 Å². The van der Waals surface area contributed by atoms with Crippen molar-refractivity contribution >= 4 is 5.69 Å². The molecule has 2 aromatic rings. The van der Waals surface area contributed by atoms with Crippen LogP contribution in [0.15, 0.2) is 24.4 Å². The number of hydrogen-bond acceptors (Lipinski definition) is 2. The predicted octanol–water partition coefficient (Wildman–Crippen LogP) is 2.29. The van der Waals surface area contributed by atoms with Crippen LogP contribution in [0.3, 0.4) is 0 Å². The largest absolute Gasteiger partial charge is 0.399 e. The fraction of sp³-hybridized carbons (Fsp3) is 0.250. The topological polar surface area (TPSA) is 43.8 Å². The van der Waals surface area contributed by atoms with E-state index in [4.69, 9.17) is 5.73 Å². The summed E-state index contributed by atoms with van der Waals surface area (Å²) in [6.45, 7) is 4.00. The minimum atomic E-state index is 0.824. The number of aromatic nitrogens is 2. The van der Waals surface area contributed by atoms with Gasteiger partial charge < -0.3 is 10.3 Å². The molecule has 0 atom stereocenters. The first-order chi connectivity index (χ1) is 7.08. The van der Waals surface area contributed by atoms with E-state index in [1.165, 1.54) is 0 Å². The Morgan fingerprint density at radius 1 is 1.27 bits per heavy atom. The van der Waals surface area contributed by atoms with E-state index in [1.54, 1.807) is 0 Å². The summed E-state index contributed by atoms with van der Waals surface area (Å²) >= 11 is 0. The third-order valence-electron chi connectivity index (χ3n) is 2.52. The molecule has 0 unspecified atom stereocenters. The van der Waals surface area contributed by atoms with Crippen LogP contribution in [-0.2, 0) is 7.05 Å². The third-order valence-corrected chi connectivity index (χ3v) is 2.52. The number of aryl methyl sites for hydroxylation is 3. The van der Waals surface area contributed by atoms with Gasteiger partial charge in [-0.2, -0.15) is 0 Å². The molecule has 15 heavy (non-hydrogen) atoms. The number of nitrogens with zero attached hydrogens (tertiary/aromatic N) is 2. The van der Waals surface area contributed by atoms with E-state index in [-0.39, 0.29) is 0 Å². The molecule has 3 heteroatoms. The van der Waals surface area contributed by atoms with Crippen LogP contribution in [-0.4, -0.2) is 9.55 Å². The van der Waals surface area contributed by atoms with E-state index in [2.05, 4.69) is 11.1 Å². The van der Waals surface area contributed by atoms with Crippen molar-refractivity contribution in [3.05, 3.63) is 35.7 Å². The average Bonchev–Trinajstić information content (AvgIpc) is 2.50. The van der Waals surface area contributed by atoms with Gasteiger partial charge in [-0.25, -0.2) is 4.98 Å².